The molecule has 11 heteroatoms. The molecule has 1 fully saturated rings. The second-order valence-corrected chi connectivity index (χ2v) is 8.41. The standard InChI is InChI=1S/C23H25N9O2/c1-14-18(9-17(11-24-14)27-21(33)13-32-5-3-4-6-32)29-23(34)16-7-15-8-19(28-22(15)25-10-16)20-12-26-31(2)30-20/h7-12H,3-6,13H2,1-2H3,(H,25,28)(H,27,33)(H,29,34). The number of carbonyl (C=O) groups excluding carboxylic acids is 2. The Labute approximate surface area is 195 Å². The molecule has 5 heterocycles. The number of hydrogen-bond donors (Lipinski definition) is 3. The zero-order chi connectivity index (χ0) is 23.7. The molecule has 34 heavy (non-hydrogen) atoms. The van der Waals surface area contributed by atoms with Crippen molar-refractivity contribution in [1.82, 2.24) is 34.8 Å². The van der Waals surface area contributed by atoms with Gasteiger partial charge in [-0.25, -0.2) is 4.98 Å². The Bertz CT molecular complexity index is 1370. The lowest BCUT2D eigenvalue weighted by Gasteiger charge is -2.15. The number of nitrogens with zero attached hydrogens (tertiary/aromatic N) is 6. The lowest BCUT2D eigenvalue weighted by atomic mass is 10.2. The number of pyridine rings is 2. The summed E-state index contributed by atoms with van der Waals surface area (Å²) in [6.07, 6.45) is 7.01. The molecule has 3 N–H and O–H groups in total. The van der Waals surface area contributed by atoms with Crippen molar-refractivity contribution in [2.45, 2.75) is 19.8 Å². The molecule has 0 aromatic carbocycles. The van der Waals surface area contributed by atoms with Crippen molar-refractivity contribution >= 4 is 34.2 Å². The van der Waals surface area contributed by atoms with Crippen LogP contribution in [-0.4, -0.2) is 66.3 Å². The fourth-order valence-corrected chi connectivity index (χ4v) is 4.01. The van der Waals surface area contributed by atoms with Gasteiger partial charge in [-0.05, 0) is 51.1 Å². The highest BCUT2D eigenvalue weighted by atomic mass is 16.2. The highest BCUT2D eigenvalue weighted by molar-refractivity contribution is 6.06. The van der Waals surface area contributed by atoms with E-state index in [0.29, 0.717) is 40.5 Å². The molecule has 5 rings (SSSR count). The quantitative estimate of drug-likeness (QED) is 0.403. The van der Waals surface area contributed by atoms with E-state index in [0.717, 1.165) is 37.0 Å². The first-order valence-electron chi connectivity index (χ1n) is 11.1. The van der Waals surface area contributed by atoms with Gasteiger partial charge < -0.3 is 15.6 Å². The molecule has 11 nitrogen and oxygen atoms in total. The van der Waals surface area contributed by atoms with Gasteiger partial charge in [0.25, 0.3) is 5.91 Å². The summed E-state index contributed by atoms with van der Waals surface area (Å²) in [5.41, 5.74) is 4.23. The average molecular weight is 460 g/mol. The van der Waals surface area contributed by atoms with Gasteiger partial charge in [-0.1, -0.05) is 0 Å². The second kappa shape index (κ2) is 9.02. The molecular weight excluding hydrogens is 434 g/mol. The zero-order valence-electron chi connectivity index (χ0n) is 19.0. The fraction of sp³-hybridized carbons (Fsp3) is 0.304. The van der Waals surface area contributed by atoms with Crippen molar-refractivity contribution in [3.8, 4) is 11.4 Å². The molecule has 2 amide bonds. The minimum absolute atomic E-state index is 0.0918. The van der Waals surface area contributed by atoms with Crippen molar-refractivity contribution < 1.29 is 9.59 Å². The predicted molar refractivity (Wildman–Crippen MR) is 127 cm³/mol. The van der Waals surface area contributed by atoms with Crippen LogP contribution in [0.4, 0.5) is 11.4 Å². The smallest absolute Gasteiger partial charge is 0.257 e. The maximum absolute atomic E-state index is 12.9. The van der Waals surface area contributed by atoms with Crippen molar-refractivity contribution in [2.75, 3.05) is 30.3 Å². The summed E-state index contributed by atoms with van der Waals surface area (Å²) in [6.45, 7) is 4.04. The molecular formula is C23H25N9O2. The summed E-state index contributed by atoms with van der Waals surface area (Å²) in [4.78, 5) is 40.8. The average Bonchev–Trinajstić information content (AvgIpc) is 3.56. The SMILES string of the molecule is Cc1ncc(NC(=O)CN2CCCC2)cc1NC(=O)c1cnc2[nH]c(-c3cnn(C)n3)cc2c1. The lowest BCUT2D eigenvalue weighted by Crippen LogP contribution is -2.30. The number of amides is 2. The minimum Gasteiger partial charge on any atom is -0.338 e. The Morgan fingerprint density at radius 2 is 1.88 bits per heavy atom. The van der Waals surface area contributed by atoms with Gasteiger partial charge >= 0.3 is 0 Å². The number of fused-ring (bicyclic) bond motifs is 1. The zero-order valence-corrected chi connectivity index (χ0v) is 19.0. The van der Waals surface area contributed by atoms with Crippen LogP contribution < -0.4 is 10.6 Å². The molecule has 1 saturated heterocycles. The van der Waals surface area contributed by atoms with Gasteiger partial charge in [0, 0.05) is 18.6 Å². The number of rotatable bonds is 6. The number of H-pyrrole nitrogens is 1. The van der Waals surface area contributed by atoms with E-state index in [1.807, 2.05) is 6.07 Å². The maximum Gasteiger partial charge on any atom is 0.257 e. The summed E-state index contributed by atoms with van der Waals surface area (Å²) < 4.78 is 0. The molecule has 4 aromatic rings. The van der Waals surface area contributed by atoms with Gasteiger partial charge in [0.1, 0.15) is 11.3 Å². The summed E-state index contributed by atoms with van der Waals surface area (Å²) >= 11 is 0. The van der Waals surface area contributed by atoms with Gasteiger partial charge in [0.05, 0.1) is 47.3 Å². The van der Waals surface area contributed by atoms with Crippen LogP contribution in [0.25, 0.3) is 22.4 Å². The molecule has 0 radical (unpaired) electrons. The Kier molecular flexibility index (Phi) is 5.76. The Hall–Kier alpha value is -4.12. The highest BCUT2D eigenvalue weighted by Gasteiger charge is 2.16. The first-order chi connectivity index (χ1) is 16.4. The van der Waals surface area contributed by atoms with E-state index in [1.165, 1.54) is 11.0 Å². The summed E-state index contributed by atoms with van der Waals surface area (Å²) in [7, 11) is 1.75. The van der Waals surface area contributed by atoms with Gasteiger partial charge in [0.2, 0.25) is 5.91 Å². The predicted octanol–water partition coefficient (Wildman–Crippen LogP) is 2.35. The molecule has 0 atom stereocenters. The maximum atomic E-state index is 12.9. The van der Waals surface area contributed by atoms with E-state index >= 15 is 0 Å². The van der Waals surface area contributed by atoms with E-state index in [9.17, 15) is 9.59 Å². The second-order valence-electron chi connectivity index (χ2n) is 8.41. The Morgan fingerprint density at radius 3 is 2.65 bits per heavy atom. The molecule has 0 saturated carbocycles. The van der Waals surface area contributed by atoms with Gasteiger partial charge in [0.15, 0.2) is 0 Å². The molecule has 1 aliphatic rings. The molecule has 4 aromatic heterocycles. The van der Waals surface area contributed by atoms with Crippen molar-refractivity contribution in [3.05, 3.63) is 48.0 Å². The third-order valence-corrected chi connectivity index (χ3v) is 5.79. The molecule has 174 valence electrons. The first-order valence-corrected chi connectivity index (χ1v) is 11.1. The van der Waals surface area contributed by atoms with Crippen LogP contribution in [0.5, 0.6) is 0 Å². The first kappa shape index (κ1) is 21.7. The van der Waals surface area contributed by atoms with E-state index < -0.39 is 0 Å². The number of anilines is 2. The summed E-state index contributed by atoms with van der Waals surface area (Å²) in [6, 6.07) is 5.36. The largest absolute Gasteiger partial charge is 0.338 e. The minimum atomic E-state index is -0.318. The van der Waals surface area contributed by atoms with Crippen LogP contribution in [0.1, 0.15) is 28.9 Å². The number of nitrogens with one attached hydrogen (secondary N) is 3. The van der Waals surface area contributed by atoms with Gasteiger partial charge in [-0.15, -0.1) is 0 Å². The summed E-state index contributed by atoms with van der Waals surface area (Å²) in [5.74, 6) is -0.409. The van der Waals surface area contributed by atoms with Crippen molar-refractivity contribution in [1.29, 1.82) is 0 Å². The Balaban J connectivity index is 1.30. The van der Waals surface area contributed by atoms with Crippen LogP contribution in [0.15, 0.2) is 36.8 Å². The van der Waals surface area contributed by atoms with Gasteiger partial charge in [-0.3, -0.25) is 19.5 Å². The van der Waals surface area contributed by atoms with Crippen LogP contribution in [0.2, 0.25) is 0 Å². The number of hydrogen-bond acceptors (Lipinski definition) is 7. The number of aromatic nitrogens is 6. The number of carbonyl (C=O) groups is 2. The van der Waals surface area contributed by atoms with Crippen LogP contribution in [-0.2, 0) is 11.8 Å². The third kappa shape index (κ3) is 4.64. The van der Waals surface area contributed by atoms with E-state index in [1.54, 1.807) is 38.5 Å². The van der Waals surface area contributed by atoms with E-state index in [4.69, 9.17) is 0 Å². The van der Waals surface area contributed by atoms with E-state index in [2.05, 4.69) is 40.7 Å². The van der Waals surface area contributed by atoms with Crippen molar-refractivity contribution in [3.63, 3.8) is 0 Å². The Morgan fingerprint density at radius 1 is 1.06 bits per heavy atom. The topological polar surface area (TPSA) is 134 Å². The normalized spacial score (nSPS) is 13.9. The fourth-order valence-electron chi connectivity index (χ4n) is 4.01. The van der Waals surface area contributed by atoms with Crippen molar-refractivity contribution in [2.24, 2.45) is 7.05 Å². The number of aromatic amines is 1. The van der Waals surface area contributed by atoms with Gasteiger partial charge in [-0.2, -0.15) is 15.0 Å². The monoisotopic (exact) mass is 459 g/mol. The molecule has 0 unspecified atom stereocenters. The summed E-state index contributed by atoms with van der Waals surface area (Å²) in [5, 5.41) is 14.9. The lowest BCUT2D eigenvalue weighted by molar-refractivity contribution is -0.117. The van der Waals surface area contributed by atoms with Crippen LogP contribution in [0.3, 0.4) is 0 Å². The molecule has 0 spiro atoms. The van der Waals surface area contributed by atoms with Crippen LogP contribution in [0, 0.1) is 6.92 Å². The molecule has 0 aliphatic carbocycles. The van der Waals surface area contributed by atoms with E-state index in [-0.39, 0.29) is 11.8 Å². The number of aryl methyl sites for hydroxylation is 2. The highest BCUT2D eigenvalue weighted by Crippen LogP contribution is 2.23. The van der Waals surface area contributed by atoms with Crippen LogP contribution >= 0.6 is 0 Å². The third-order valence-electron chi connectivity index (χ3n) is 5.79. The number of likely N-dealkylation sites (tertiary alicyclic amines) is 1. The molecule has 0 bridgehead atoms. The molecule has 1 aliphatic heterocycles.